The molecule has 2 aromatic rings. The first-order chi connectivity index (χ1) is 10.1. The molecule has 0 fully saturated rings. The van der Waals surface area contributed by atoms with Gasteiger partial charge in [0.15, 0.2) is 0 Å². The lowest BCUT2D eigenvalue weighted by atomic mass is 10.1. The summed E-state index contributed by atoms with van der Waals surface area (Å²) in [6.07, 6.45) is 3.86. The Morgan fingerprint density at radius 2 is 2.19 bits per heavy atom. The highest BCUT2D eigenvalue weighted by atomic mass is 35.5. The number of nitrogens with zero attached hydrogens (tertiary/aromatic N) is 2. The fourth-order valence-electron chi connectivity index (χ4n) is 2.02. The molecule has 2 rings (SSSR count). The molecule has 1 aromatic carbocycles. The molecular formula is C16H22ClN3O. The predicted molar refractivity (Wildman–Crippen MR) is 85.8 cm³/mol. The van der Waals surface area contributed by atoms with Crippen LogP contribution in [0, 0.1) is 0 Å². The van der Waals surface area contributed by atoms with Crippen molar-refractivity contribution >= 4 is 11.6 Å². The summed E-state index contributed by atoms with van der Waals surface area (Å²) in [5.74, 6) is 0.676. The Balaban J connectivity index is 1.98. The second-order valence-electron chi connectivity index (χ2n) is 5.14. The molecule has 1 unspecified atom stereocenters. The van der Waals surface area contributed by atoms with Crippen LogP contribution in [0.3, 0.4) is 0 Å². The van der Waals surface area contributed by atoms with Crippen molar-refractivity contribution in [1.29, 1.82) is 0 Å². The Labute approximate surface area is 130 Å². The molecule has 0 radical (unpaired) electrons. The Morgan fingerprint density at radius 3 is 2.86 bits per heavy atom. The zero-order valence-electron chi connectivity index (χ0n) is 12.6. The molecular weight excluding hydrogens is 286 g/mol. The number of hydrogen-bond donors (Lipinski definition) is 1. The molecule has 4 nitrogen and oxygen atoms in total. The van der Waals surface area contributed by atoms with Crippen molar-refractivity contribution in [2.24, 2.45) is 5.73 Å². The largest absolute Gasteiger partial charge is 0.486 e. The van der Waals surface area contributed by atoms with Gasteiger partial charge >= 0.3 is 0 Å². The summed E-state index contributed by atoms with van der Waals surface area (Å²) in [7, 11) is 0. The Hall–Kier alpha value is -1.52. The van der Waals surface area contributed by atoms with Crippen LogP contribution < -0.4 is 10.5 Å². The maximum absolute atomic E-state index is 6.22. The van der Waals surface area contributed by atoms with E-state index in [-0.39, 0.29) is 0 Å². The molecule has 0 aliphatic carbocycles. The zero-order chi connectivity index (χ0) is 15.2. The standard InChI is InChI=1S/C16H22ClN3O/c1-3-12(2)20-9-7-14(19-20)11-21-16-5-4-13(6-8-18)10-15(16)17/h4-5,7,9-10,12H,3,6,8,11,18H2,1-2H3. The highest BCUT2D eigenvalue weighted by Gasteiger charge is 2.07. The molecule has 1 heterocycles. The molecule has 0 aliphatic rings. The molecule has 0 saturated heterocycles. The normalized spacial score (nSPS) is 12.4. The first-order valence-corrected chi connectivity index (χ1v) is 7.67. The summed E-state index contributed by atoms with van der Waals surface area (Å²) in [4.78, 5) is 0. The average molecular weight is 308 g/mol. The maximum Gasteiger partial charge on any atom is 0.138 e. The zero-order valence-corrected chi connectivity index (χ0v) is 13.3. The van der Waals surface area contributed by atoms with Crippen molar-refractivity contribution in [2.75, 3.05) is 6.54 Å². The van der Waals surface area contributed by atoms with Crippen molar-refractivity contribution in [3.05, 3.63) is 46.7 Å². The lowest BCUT2D eigenvalue weighted by Gasteiger charge is -2.09. The third kappa shape index (κ3) is 4.22. The predicted octanol–water partition coefficient (Wildman–Crippen LogP) is 3.59. The van der Waals surface area contributed by atoms with Crippen LogP contribution in [-0.2, 0) is 13.0 Å². The fraction of sp³-hybridized carbons (Fsp3) is 0.438. The smallest absolute Gasteiger partial charge is 0.138 e. The number of hydrogen-bond acceptors (Lipinski definition) is 3. The van der Waals surface area contributed by atoms with E-state index in [0.29, 0.717) is 30.0 Å². The van der Waals surface area contributed by atoms with E-state index in [1.54, 1.807) is 0 Å². The van der Waals surface area contributed by atoms with Gasteiger partial charge in [-0.2, -0.15) is 5.10 Å². The third-order valence-electron chi connectivity index (χ3n) is 3.51. The van der Waals surface area contributed by atoms with Crippen LogP contribution in [0.15, 0.2) is 30.5 Å². The second-order valence-corrected chi connectivity index (χ2v) is 5.54. The minimum Gasteiger partial charge on any atom is -0.486 e. The Morgan fingerprint density at radius 1 is 1.38 bits per heavy atom. The van der Waals surface area contributed by atoms with Gasteiger partial charge in [0.1, 0.15) is 12.4 Å². The number of ether oxygens (including phenoxy) is 1. The minimum atomic E-state index is 0.401. The minimum absolute atomic E-state index is 0.401. The molecule has 0 aliphatic heterocycles. The quantitative estimate of drug-likeness (QED) is 0.850. The van der Waals surface area contributed by atoms with E-state index in [0.717, 1.165) is 24.1 Å². The van der Waals surface area contributed by atoms with Gasteiger partial charge in [0.2, 0.25) is 0 Å². The van der Waals surface area contributed by atoms with Gasteiger partial charge < -0.3 is 10.5 Å². The fourth-order valence-corrected chi connectivity index (χ4v) is 2.28. The SMILES string of the molecule is CCC(C)n1ccc(COc2ccc(CCN)cc2Cl)n1. The highest BCUT2D eigenvalue weighted by molar-refractivity contribution is 6.32. The van der Waals surface area contributed by atoms with Crippen LogP contribution in [0.2, 0.25) is 5.02 Å². The van der Waals surface area contributed by atoms with Crippen molar-refractivity contribution in [3.63, 3.8) is 0 Å². The lowest BCUT2D eigenvalue weighted by Crippen LogP contribution is -2.06. The topological polar surface area (TPSA) is 53.1 Å². The van der Waals surface area contributed by atoms with E-state index in [1.807, 2.05) is 35.1 Å². The molecule has 2 N–H and O–H groups in total. The third-order valence-corrected chi connectivity index (χ3v) is 3.81. The lowest BCUT2D eigenvalue weighted by molar-refractivity contribution is 0.298. The summed E-state index contributed by atoms with van der Waals surface area (Å²) in [5, 5.41) is 5.12. The highest BCUT2D eigenvalue weighted by Crippen LogP contribution is 2.26. The molecule has 0 amide bonds. The van der Waals surface area contributed by atoms with Crippen molar-refractivity contribution < 1.29 is 4.74 Å². The van der Waals surface area contributed by atoms with Gasteiger partial charge in [0.05, 0.1) is 10.7 Å². The molecule has 1 atom stereocenters. The maximum atomic E-state index is 6.22. The van der Waals surface area contributed by atoms with Crippen LogP contribution in [0.25, 0.3) is 0 Å². The van der Waals surface area contributed by atoms with Crippen molar-refractivity contribution in [1.82, 2.24) is 9.78 Å². The van der Waals surface area contributed by atoms with Gasteiger partial charge in [0.25, 0.3) is 0 Å². The van der Waals surface area contributed by atoms with Crippen molar-refractivity contribution in [3.8, 4) is 5.75 Å². The number of benzene rings is 1. The summed E-state index contributed by atoms with van der Waals surface area (Å²) >= 11 is 6.22. The van der Waals surface area contributed by atoms with Gasteiger partial charge in [0, 0.05) is 12.2 Å². The van der Waals surface area contributed by atoms with Gasteiger partial charge in [-0.25, -0.2) is 0 Å². The number of rotatable bonds is 7. The van der Waals surface area contributed by atoms with E-state index in [9.17, 15) is 0 Å². The molecule has 0 bridgehead atoms. The van der Waals surface area contributed by atoms with Gasteiger partial charge in [-0.05, 0) is 50.1 Å². The second kappa shape index (κ2) is 7.48. The summed E-state index contributed by atoms with van der Waals surface area (Å²) < 4.78 is 7.71. The molecule has 0 spiro atoms. The van der Waals surface area contributed by atoms with Gasteiger partial charge in [-0.3, -0.25) is 4.68 Å². The molecule has 0 saturated carbocycles. The van der Waals surface area contributed by atoms with Gasteiger partial charge in [-0.1, -0.05) is 24.6 Å². The van der Waals surface area contributed by atoms with E-state index < -0.39 is 0 Å². The van der Waals surface area contributed by atoms with Crippen LogP contribution >= 0.6 is 11.6 Å². The molecule has 1 aromatic heterocycles. The monoisotopic (exact) mass is 307 g/mol. The van der Waals surface area contributed by atoms with E-state index >= 15 is 0 Å². The van der Waals surface area contributed by atoms with E-state index in [2.05, 4.69) is 18.9 Å². The first-order valence-electron chi connectivity index (χ1n) is 7.29. The number of halogens is 1. The Bertz CT molecular complexity index is 583. The van der Waals surface area contributed by atoms with Crippen LogP contribution in [0.1, 0.15) is 37.6 Å². The van der Waals surface area contributed by atoms with E-state index in [4.69, 9.17) is 22.1 Å². The molecule has 114 valence electrons. The summed E-state index contributed by atoms with van der Waals surface area (Å²) in [6.45, 7) is 5.32. The number of aromatic nitrogens is 2. The van der Waals surface area contributed by atoms with E-state index in [1.165, 1.54) is 0 Å². The average Bonchev–Trinajstić information content (AvgIpc) is 2.95. The Kier molecular flexibility index (Phi) is 5.65. The van der Waals surface area contributed by atoms with Crippen molar-refractivity contribution in [2.45, 2.75) is 39.3 Å². The van der Waals surface area contributed by atoms with Crippen LogP contribution in [-0.4, -0.2) is 16.3 Å². The first kappa shape index (κ1) is 15.9. The van der Waals surface area contributed by atoms with Crippen LogP contribution in [0.5, 0.6) is 5.75 Å². The molecule has 21 heavy (non-hydrogen) atoms. The van der Waals surface area contributed by atoms with Gasteiger partial charge in [-0.15, -0.1) is 0 Å². The number of nitrogens with two attached hydrogens (primary N) is 1. The molecule has 5 heteroatoms. The summed E-state index contributed by atoms with van der Waals surface area (Å²) in [5.41, 5.74) is 7.56. The summed E-state index contributed by atoms with van der Waals surface area (Å²) in [6, 6.07) is 8.16. The van der Waals surface area contributed by atoms with Crippen LogP contribution in [0.4, 0.5) is 0 Å².